The van der Waals surface area contributed by atoms with Gasteiger partial charge >= 0.3 is 18.0 Å². The minimum absolute atomic E-state index is 0.264. The van der Waals surface area contributed by atoms with Gasteiger partial charge in [-0.1, -0.05) is 51.4 Å². The number of hydrogen-bond acceptors (Lipinski definition) is 5. The van der Waals surface area contributed by atoms with E-state index in [1.54, 1.807) is 0 Å². The fourth-order valence-electron chi connectivity index (χ4n) is 2.74. The zero-order valence-electron chi connectivity index (χ0n) is 19.9. The molecule has 5 N–H and O–H groups in total. The standard InChI is InChI=1S/C14H27NO4.C9H19NO2/c1-14(2,3)19-13(18)15-11-9-7-5-4-6-8-10-12(16)17;10-8-6-4-2-1-3-5-7-9(11)12/h4-11H2,1-3H3,(H,15,18)(H,16,17);1-8,10H2,(H,11,12). The average molecular weight is 447 g/mol. The molecule has 0 aromatic carbocycles. The number of alkyl carbamates (subject to hydrolysis) is 1. The van der Waals surface area contributed by atoms with Crippen LogP contribution in [0.1, 0.15) is 111 Å². The summed E-state index contributed by atoms with van der Waals surface area (Å²) in [6, 6.07) is 0. The minimum atomic E-state index is -0.721. The van der Waals surface area contributed by atoms with Gasteiger partial charge in [0.25, 0.3) is 0 Å². The van der Waals surface area contributed by atoms with Gasteiger partial charge in [0.15, 0.2) is 0 Å². The maximum atomic E-state index is 11.3. The van der Waals surface area contributed by atoms with E-state index < -0.39 is 17.5 Å². The van der Waals surface area contributed by atoms with Crippen LogP contribution in [0.4, 0.5) is 4.79 Å². The van der Waals surface area contributed by atoms with Crippen molar-refractivity contribution < 1.29 is 29.3 Å². The number of rotatable bonds is 17. The molecule has 0 aromatic heterocycles. The van der Waals surface area contributed by atoms with Crippen LogP contribution in [0.3, 0.4) is 0 Å². The third kappa shape index (κ3) is 33.0. The Hall–Kier alpha value is -1.83. The lowest BCUT2D eigenvalue weighted by molar-refractivity contribution is -0.138. The second-order valence-electron chi connectivity index (χ2n) is 8.75. The van der Waals surface area contributed by atoms with Crippen LogP contribution in [0.15, 0.2) is 0 Å². The van der Waals surface area contributed by atoms with Gasteiger partial charge in [-0.05, 0) is 53.0 Å². The number of hydrogen-bond donors (Lipinski definition) is 4. The molecule has 0 fully saturated rings. The lowest BCUT2D eigenvalue weighted by atomic mass is 10.1. The molecular formula is C23H46N2O6. The molecule has 0 radical (unpaired) electrons. The van der Waals surface area contributed by atoms with Crippen molar-refractivity contribution in [2.24, 2.45) is 5.73 Å². The van der Waals surface area contributed by atoms with E-state index in [9.17, 15) is 14.4 Å². The normalized spacial score (nSPS) is 10.7. The summed E-state index contributed by atoms with van der Waals surface area (Å²) in [5.41, 5.74) is 4.88. The molecular weight excluding hydrogens is 400 g/mol. The van der Waals surface area contributed by atoms with Gasteiger partial charge in [-0.25, -0.2) is 4.79 Å². The predicted molar refractivity (Wildman–Crippen MR) is 123 cm³/mol. The smallest absolute Gasteiger partial charge is 0.407 e. The topological polar surface area (TPSA) is 139 Å². The number of nitrogens with one attached hydrogen (secondary N) is 1. The van der Waals surface area contributed by atoms with Crippen LogP contribution in [0.25, 0.3) is 0 Å². The molecule has 0 atom stereocenters. The Morgan fingerprint density at radius 1 is 0.710 bits per heavy atom. The Kier molecular flexibility index (Phi) is 21.7. The van der Waals surface area contributed by atoms with Gasteiger partial charge in [0, 0.05) is 19.4 Å². The zero-order chi connectivity index (χ0) is 24.0. The molecule has 1 amide bonds. The molecule has 0 heterocycles. The van der Waals surface area contributed by atoms with Crippen molar-refractivity contribution in [1.29, 1.82) is 0 Å². The van der Waals surface area contributed by atoms with E-state index in [0.717, 1.165) is 70.8 Å². The molecule has 0 bridgehead atoms. The first kappa shape index (κ1) is 31.4. The van der Waals surface area contributed by atoms with Gasteiger partial charge in [-0.2, -0.15) is 0 Å². The van der Waals surface area contributed by atoms with Gasteiger partial charge in [0.2, 0.25) is 0 Å². The Balaban J connectivity index is 0. The number of ether oxygens (including phenoxy) is 1. The van der Waals surface area contributed by atoms with Crippen molar-refractivity contribution in [3.63, 3.8) is 0 Å². The van der Waals surface area contributed by atoms with E-state index in [0.29, 0.717) is 13.0 Å². The summed E-state index contributed by atoms with van der Waals surface area (Å²) in [6.07, 6.45) is 12.5. The quantitative estimate of drug-likeness (QED) is 0.228. The number of aliphatic carboxylic acids is 2. The van der Waals surface area contributed by atoms with Crippen LogP contribution in [0.5, 0.6) is 0 Å². The monoisotopic (exact) mass is 446 g/mol. The third-order valence-corrected chi connectivity index (χ3v) is 4.33. The predicted octanol–water partition coefficient (Wildman–Crippen LogP) is 5.09. The van der Waals surface area contributed by atoms with Crippen LogP contribution >= 0.6 is 0 Å². The van der Waals surface area contributed by atoms with Crippen LogP contribution in [-0.2, 0) is 14.3 Å². The molecule has 31 heavy (non-hydrogen) atoms. The summed E-state index contributed by atoms with van der Waals surface area (Å²) in [5, 5.41) is 19.5. The van der Waals surface area contributed by atoms with E-state index in [2.05, 4.69) is 5.32 Å². The molecule has 0 aliphatic rings. The van der Waals surface area contributed by atoms with E-state index in [1.807, 2.05) is 20.8 Å². The Labute approximate surface area is 188 Å². The fourth-order valence-corrected chi connectivity index (χ4v) is 2.74. The highest BCUT2D eigenvalue weighted by Crippen LogP contribution is 2.08. The number of carbonyl (C=O) groups is 3. The van der Waals surface area contributed by atoms with Gasteiger partial charge < -0.3 is 26.0 Å². The average Bonchev–Trinajstić information content (AvgIpc) is 2.64. The van der Waals surface area contributed by atoms with Crippen LogP contribution in [0.2, 0.25) is 0 Å². The molecule has 184 valence electrons. The zero-order valence-corrected chi connectivity index (χ0v) is 19.9. The van der Waals surface area contributed by atoms with E-state index >= 15 is 0 Å². The summed E-state index contributed by atoms with van der Waals surface area (Å²) in [5.74, 6) is -1.40. The molecule has 0 rings (SSSR count). The van der Waals surface area contributed by atoms with Crippen molar-refractivity contribution in [2.75, 3.05) is 13.1 Å². The van der Waals surface area contributed by atoms with Crippen molar-refractivity contribution in [3.8, 4) is 0 Å². The third-order valence-electron chi connectivity index (χ3n) is 4.33. The Morgan fingerprint density at radius 2 is 1.10 bits per heavy atom. The molecule has 0 unspecified atom stereocenters. The number of carbonyl (C=O) groups excluding carboxylic acids is 1. The van der Waals surface area contributed by atoms with Crippen molar-refractivity contribution in [3.05, 3.63) is 0 Å². The fraction of sp³-hybridized carbons (Fsp3) is 0.870. The number of nitrogens with two attached hydrogens (primary N) is 1. The summed E-state index contributed by atoms with van der Waals surface area (Å²) in [7, 11) is 0. The Morgan fingerprint density at radius 3 is 1.48 bits per heavy atom. The van der Waals surface area contributed by atoms with Gasteiger partial charge in [0.1, 0.15) is 5.60 Å². The molecule has 0 saturated carbocycles. The van der Waals surface area contributed by atoms with Crippen LogP contribution in [0, 0.1) is 0 Å². The van der Waals surface area contributed by atoms with Crippen LogP contribution in [-0.4, -0.2) is 46.9 Å². The first-order valence-corrected chi connectivity index (χ1v) is 11.7. The van der Waals surface area contributed by atoms with E-state index in [4.69, 9.17) is 20.7 Å². The van der Waals surface area contributed by atoms with Crippen molar-refractivity contribution >= 4 is 18.0 Å². The highest BCUT2D eigenvalue weighted by Gasteiger charge is 2.15. The highest BCUT2D eigenvalue weighted by molar-refractivity contribution is 5.67. The number of carboxylic acids is 2. The maximum Gasteiger partial charge on any atom is 0.407 e. The molecule has 8 heteroatoms. The summed E-state index contributed by atoms with van der Waals surface area (Å²) in [4.78, 5) is 31.7. The second-order valence-corrected chi connectivity index (χ2v) is 8.75. The molecule has 8 nitrogen and oxygen atoms in total. The van der Waals surface area contributed by atoms with Crippen LogP contribution < -0.4 is 11.1 Å². The number of unbranched alkanes of at least 4 members (excludes halogenated alkanes) is 10. The SMILES string of the molecule is CC(C)(C)OC(=O)NCCCCCCCCC(=O)O.NCCCCCCCCC(=O)O. The lowest BCUT2D eigenvalue weighted by Crippen LogP contribution is -2.32. The number of carboxylic acid groups (broad SMARTS) is 2. The van der Waals surface area contributed by atoms with E-state index in [1.165, 1.54) is 12.8 Å². The molecule has 0 aliphatic heterocycles. The van der Waals surface area contributed by atoms with Crippen molar-refractivity contribution in [1.82, 2.24) is 5.32 Å². The molecule has 0 aromatic rings. The number of amides is 1. The van der Waals surface area contributed by atoms with E-state index in [-0.39, 0.29) is 12.5 Å². The first-order valence-electron chi connectivity index (χ1n) is 11.7. The molecule has 0 aliphatic carbocycles. The second kappa shape index (κ2) is 21.4. The Bertz CT molecular complexity index is 463. The molecule has 0 spiro atoms. The highest BCUT2D eigenvalue weighted by atomic mass is 16.6. The van der Waals surface area contributed by atoms with Gasteiger partial charge in [0.05, 0.1) is 0 Å². The van der Waals surface area contributed by atoms with Gasteiger partial charge in [-0.3, -0.25) is 9.59 Å². The summed E-state index contributed by atoms with van der Waals surface area (Å²) < 4.78 is 5.11. The maximum absolute atomic E-state index is 11.3. The van der Waals surface area contributed by atoms with Crippen molar-refractivity contribution in [2.45, 2.75) is 116 Å². The first-order chi connectivity index (χ1) is 14.6. The lowest BCUT2D eigenvalue weighted by Gasteiger charge is -2.19. The summed E-state index contributed by atoms with van der Waals surface area (Å²) >= 11 is 0. The summed E-state index contributed by atoms with van der Waals surface area (Å²) in [6.45, 7) is 6.91. The minimum Gasteiger partial charge on any atom is -0.481 e. The largest absolute Gasteiger partial charge is 0.481 e. The van der Waals surface area contributed by atoms with Gasteiger partial charge in [-0.15, -0.1) is 0 Å². The molecule has 0 saturated heterocycles.